The highest BCUT2D eigenvalue weighted by atomic mass is 79.9. The van der Waals surface area contributed by atoms with Crippen molar-refractivity contribution in [1.82, 2.24) is 10.3 Å². The molecule has 1 heterocycles. The van der Waals surface area contributed by atoms with E-state index in [1.165, 1.54) is 16.1 Å². The standard InChI is InChI=1S/C14H17BrN2S/c1-9-4-5-11(6-12(9)15)13(16-3)7-14-17-10(2)8-18-14/h4-6,8,13,16H,7H2,1-3H3. The summed E-state index contributed by atoms with van der Waals surface area (Å²) in [4.78, 5) is 4.53. The molecule has 2 rings (SSSR count). The van der Waals surface area contributed by atoms with Crippen LogP contribution in [0.4, 0.5) is 0 Å². The van der Waals surface area contributed by atoms with Crippen molar-refractivity contribution >= 4 is 27.3 Å². The first kappa shape index (κ1) is 13.7. The van der Waals surface area contributed by atoms with Crippen molar-refractivity contribution in [3.63, 3.8) is 0 Å². The summed E-state index contributed by atoms with van der Waals surface area (Å²) in [5.41, 5.74) is 3.66. The molecule has 0 bridgehead atoms. The average molecular weight is 325 g/mol. The number of nitrogens with zero attached hydrogens (tertiary/aromatic N) is 1. The molecular weight excluding hydrogens is 308 g/mol. The van der Waals surface area contributed by atoms with Crippen LogP contribution in [0, 0.1) is 13.8 Å². The molecule has 0 saturated carbocycles. The second kappa shape index (κ2) is 5.95. The summed E-state index contributed by atoms with van der Waals surface area (Å²) >= 11 is 5.32. The summed E-state index contributed by atoms with van der Waals surface area (Å²) < 4.78 is 1.16. The molecule has 0 aliphatic heterocycles. The van der Waals surface area contributed by atoms with Crippen LogP contribution in [0.5, 0.6) is 0 Å². The van der Waals surface area contributed by atoms with Gasteiger partial charge in [-0.05, 0) is 38.1 Å². The van der Waals surface area contributed by atoms with Gasteiger partial charge >= 0.3 is 0 Å². The van der Waals surface area contributed by atoms with Crippen LogP contribution in [0.2, 0.25) is 0 Å². The Kier molecular flexibility index (Phi) is 4.54. The van der Waals surface area contributed by atoms with E-state index >= 15 is 0 Å². The van der Waals surface area contributed by atoms with E-state index < -0.39 is 0 Å². The quantitative estimate of drug-likeness (QED) is 0.918. The summed E-state index contributed by atoms with van der Waals surface area (Å²) in [7, 11) is 2.00. The van der Waals surface area contributed by atoms with Crippen molar-refractivity contribution in [2.24, 2.45) is 0 Å². The molecule has 1 aromatic heterocycles. The molecule has 2 aromatic rings. The Balaban J connectivity index is 2.19. The van der Waals surface area contributed by atoms with Crippen molar-refractivity contribution in [3.05, 3.63) is 49.9 Å². The van der Waals surface area contributed by atoms with Crippen molar-refractivity contribution in [3.8, 4) is 0 Å². The van der Waals surface area contributed by atoms with Crippen LogP contribution in [0.15, 0.2) is 28.1 Å². The number of hydrogen-bond acceptors (Lipinski definition) is 3. The lowest BCUT2D eigenvalue weighted by molar-refractivity contribution is 0.589. The van der Waals surface area contributed by atoms with E-state index in [0.717, 1.165) is 16.6 Å². The van der Waals surface area contributed by atoms with Crippen LogP contribution in [0.25, 0.3) is 0 Å². The molecule has 1 N–H and O–H groups in total. The summed E-state index contributed by atoms with van der Waals surface area (Å²) in [6.45, 7) is 4.14. The Morgan fingerprint density at radius 1 is 1.39 bits per heavy atom. The fourth-order valence-electron chi connectivity index (χ4n) is 1.88. The minimum atomic E-state index is 0.312. The van der Waals surface area contributed by atoms with Crippen LogP contribution >= 0.6 is 27.3 Å². The fourth-order valence-corrected chi connectivity index (χ4v) is 3.10. The van der Waals surface area contributed by atoms with Crippen LogP contribution in [-0.2, 0) is 6.42 Å². The lowest BCUT2D eigenvalue weighted by atomic mass is 10.0. The molecule has 18 heavy (non-hydrogen) atoms. The number of hydrogen-bond donors (Lipinski definition) is 1. The van der Waals surface area contributed by atoms with Gasteiger partial charge in [0.2, 0.25) is 0 Å². The van der Waals surface area contributed by atoms with Gasteiger partial charge < -0.3 is 5.32 Å². The number of benzene rings is 1. The number of rotatable bonds is 4. The molecule has 0 aliphatic rings. The van der Waals surface area contributed by atoms with Crippen molar-refractivity contribution in [2.75, 3.05) is 7.05 Å². The third kappa shape index (κ3) is 3.19. The second-order valence-corrected chi connectivity index (χ2v) is 6.23. The lowest BCUT2D eigenvalue weighted by Gasteiger charge is -2.16. The molecule has 0 spiro atoms. The van der Waals surface area contributed by atoms with Gasteiger partial charge in [0.25, 0.3) is 0 Å². The topological polar surface area (TPSA) is 24.9 Å². The highest BCUT2D eigenvalue weighted by Gasteiger charge is 2.13. The molecule has 96 valence electrons. The monoisotopic (exact) mass is 324 g/mol. The van der Waals surface area contributed by atoms with E-state index in [1.54, 1.807) is 11.3 Å². The van der Waals surface area contributed by atoms with Gasteiger partial charge in [0.05, 0.1) is 5.01 Å². The molecule has 4 heteroatoms. The van der Waals surface area contributed by atoms with E-state index in [4.69, 9.17) is 0 Å². The maximum Gasteiger partial charge on any atom is 0.0947 e. The fraction of sp³-hybridized carbons (Fsp3) is 0.357. The molecule has 0 saturated heterocycles. The van der Waals surface area contributed by atoms with E-state index in [9.17, 15) is 0 Å². The molecule has 0 radical (unpaired) electrons. The number of likely N-dealkylation sites (N-methyl/N-ethyl adjacent to an activating group) is 1. The second-order valence-electron chi connectivity index (χ2n) is 4.44. The van der Waals surface area contributed by atoms with Gasteiger partial charge in [0.15, 0.2) is 0 Å². The molecule has 0 aliphatic carbocycles. The zero-order valence-corrected chi connectivity index (χ0v) is 13.2. The third-order valence-corrected chi connectivity index (χ3v) is 4.84. The molecule has 1 atom stereocenters. The van der Waals surface area contributed by atoms with E-state index in [1.807, 2.05) is 14.0 Å². The maximum atomic E-state index is 4.53. The minimum absolute atomic E-state index is 0.312. The molecular formula is C14H17BrN2S. The third-order valence-electron chi connectivity index (χ3n) is 2.99. The highest BCUT2D eigenvalue weighted by Crippen LogP contribution is 2.25. The zero-order valence-electron chi connectivity index (χ0n) is 10.8. The molecule has 2 nitrogen and oxygen atoms in total. The first-order valence-electron chi connectivity index (χ1n) is 5.94. The largest absolute Gasteiger partial charge is 0.313 e. The van der Waals surface area contributed by atoms with Crippen LogP contribution in [0.3, 0.4) is 0 Å². The SMILES string of the molecule is CNC(Cc1nc(C)cs1)c1ccc(C)c(Br)c1. The zero-order chi connectivity index (χ0) is 13.1. The first-order chi connectivity index (χ1) is 8.60. The number of aryl methyl sites for hydroxylation is 2. The smallest absolute Gasteiger partial charge is 0.0947 e. The van der Waals surface area contributed by atoms with Crippen LogP contribution in [0.1, 0.15) is 27.9 Å². The summed E-state index contributed by atoms with van der Waals surface area (Å²) in [6.07, 6.45) is 0.935. The Morgan fingerprint density at radius 3 is 2.72 bits per heavy atom. The normalized spacial score (nSPS) is 12.7. The van der Waals surface area contributed by atoms with Gasteiger partial charge in [0, 0.05) is 28.0 Å². The number of thiazole rings is 1. The highest BCUT2D eigenvalue weighted by molar-refractivity contribution is 9.10. The summed E-state index contributed by atoms with van der Waals surface area (Å²) in [5, 5.41) is 6.66. The Labute approximate surface area is 121 Å². The van der Waals surface area contributed by atoms with E-state index in [2.05, 4.69) is 56.7 Å². The van der Waals surface area contributed by atoms with E-state index in [-0.39, 0.29) is 0 Å². The minimum Gasteiger partial charge on any atom is -0.313 e. The van der Waals surface area contributed by atoms with Gasteiger partial charge in [-0.25, -0.2) is 4.98 Å². The van der Waals surface area contributed by atoms with Crippen molar-refractivity contribution in [2.45, 2.75) is 26.3 Å². The van der Waals surface area contributed by atoms with Crippen molar-refractivity contribution < 1.29 is 0 Å². The van der Waals surface area contributed by atoms with Crippen LogP contribution < -0.4 is 5.32 Å². The molecule has 1 unspecified atom stereocenters. The first-order valence-corrected chi connectivity index (χ1v) is 7.61. The molecule has 1 aromatic carbocycles. The maximum absolute atomic E-state index is 4.53. The van der Waals surface area contributed by atoms with Crippen molar-refractivity contribution in [1.29, 1.82) is 0 Å². The number of aromatic nitrogens is 1. The average Bonchev–Trinajstić information content (AvgIpc) is 2.75. The van der Waals surface area contributed by atoms with Gasteiger partial charge in [-0.2, -0.15) is 0 Å². The Bertz CT molecular complexity index is 536. The van der Waals surface area contributed by atoms with Gasteiger partial charge in [-0.3, -0.25) is 0 Å². The van der Waals surface area contributed by atoms with Gasteiger partial charge in [0.1, 0.15) is 0 Å². The molecule has 0 fully saturated rings. The lowest BCUT2D eigenvalue weighted by Crippen LogP contribution is -2.18. The van der Waals surface area contributed by atoms with E-state index in [0.29, 0.717) is 6.04 Å². The number of nitrogens with one attached hydrogen (secondary N) is 1. The molecule has 0 amide bonds. The van der Waals surface area contributed by atoms with Crippen LogP contribution in [-0.4, -0.2) is 12.0 Å². The predicted octanol–water partition coefficient (Wildman–Crippen LogP) is 4.03. The Morgan fingerprint density at radius 2 is 2.17 bits per heavy atom. The number of halogens is 1. The Hall–Kier alpha value is -0.710. The van der Waals surface area contributed by atoms with Gasteiger partial charge in [-0.1, -0.05) is 28.1 Å². The predicted molar refractivity (Wildman–Crippen MR) is 81.2 cm³/mol. The van der Waals surface area contributed by atoms with Gasteiger partial charge in [-0.15, -0.1) is 11.3 Å². The summed E-state index contributed by atoms with van der Waals surface area (Å²) in [6, 6.07) is 6.84. The summed E-state index contributed by atoms with van der Waals surface area (Å²) in [5.74, 6) is 0.